The van der Waals surface area contributed by atoms with E-state index in [0.717, 1.165) is 15.6 Å². The summed E-state index contributed by atoms with van der Waals surface area (Å²) < 4.78 is 28.3. The third-order valence-corrected chi connectivity index (χ3v) is 5.44. The first-order valence-electron chi connectivity index (χ1n) is 10.1. The van der Waals surface area contributed by atoms with Crippen molar-refractivity contribution in [1.29, 1.82) is 0 Å². The predicted octanol–water partition coefficient (Wildman–Crippen LogP) is 5.96. The van der Waals surface area contributed by atoms with Crippen molar-refractivity contribution in [2.24, 2.45) is 0 Å². The Morgan fingerprint density at radius 3 is 2.00 bits per heavy atom. The second-order valence-corrected chi connectivity index (χ2v) is 7.77. The number of carbonyl (C=O) groups excluding carboxylic acids is 1. The number of halogens is 1. The first kappa shape index (κ1) is 24.2. The van der Waals surface area contributed by atoms with Gasteiger partial charge in [0.1, 0.15) is 6.61 Å². The number of allylic oxidation sites excluding steroid dienone is 1. The second kappa shape index (κ2) is 11.4. The maximum atomic E-state index is 12.9. The highest BCUT2D eigenvalue weighted by molar-refractivity contribution is 9.10. The Labute approximate surface area is 201 Å². The fraction of sp³-hybridized carbons (Fsp3) is 0.192. The van der Waals surface area contributed by atoms with Gasteiger partial charge in [0.25, 0.3) is 0 Å². The van der Waals surface area contributed by atoms with E-state index in [4.69, 9.17) is 23.7 Å². The number of hydrogen-bond donors (Lipinski definition) is 0. The van der Waals surface area contributed by atoms with E-state index in [1.54, 1.807) is 38.5 Å². The molecule has 0 aromatic heterocycles. The van der Waals surface area contributed by atoms with Crippen LogP contribution in [0.15, 0.2) is 65.1 Å². The van der Waals surface area contributed by atoms with Gasteiger partial charge in [0, 0.05) is 5.56 Å². The summed E-state index contributed by atoms with van der Waals surface area (Å²) in [6.45, 7) is 0.342. The molecule has 0 spiro atoms. The van der Waals surface area contributed by atoms with Crippen molar-refractivity contribution in [2.75, 3.05) is 28.4 Å². The van der Waals surface area contributed by atoms with Gasteiger partial charge >= 0.3 is 0 Å². The van der Waals surface area contributed by atoms with Crippen LogP contribution in [0, 0.1) is 0 Å². The number of benzene rings is 3. The summed E-state index contributed by atoms with van der Waals surface area (Å²) in [6, 6.07) is 16.7. The molecule has 6 nitrogen and oxygen atoms in total. The predicted molar refractivity (Wildman–Crippen MR) is 131 cm³/mol. The van der Waals surface area contributed by atoms with Crippen molar-refractivity contribution in [2.45, 2.75) is 6.61 Å². The molecular formula is C26H25BrO6. The molecule has 0 saturated heterocycles. The molecule has 0 aliphatic carbocycles. The minimum atomic E-state index is -0.216. The summed E-state index contributed by atoms with van der Waals surface area (Å²) in [5.41, 5.74) is 2.19. The molecule has 0 atom stereocenters. The number of methoxy groups -OCH3 is 4. The highest BCUT2D eigenvalue weighted by atomic mass is 79.9. The van der Waals surface area contributed by atoms with E-state index in [0.29, 0.717) is 40.9 Å². The third kappa shape index (κ3) is 5.87. The number of rotatable bonds is 10. The van der Waals surface area contributed by atoms with Crippen LogP contribution in [0.5, 0.6) is 28.7 Å². The van der Waals surface area contributed by atoms with Crippen LogP contribution in [0.25, 0.3) is 6.08 Å². The van der Waals surface area contributed by atoms with Crippen LogP contribution in [0.2, 0.25) is 0 Å². The van der Waals surface area contributed by atoms with E-state index >= 15 is 0 Å². The Hall–Kier alpha value is -3.45. The van der Waals surface area contributed by atoms with E-state index in [2.05, 4.69) is 15.9 Å². The van der Waals surface area contributed by atoms with Crippen molar-refractivity contribution < 1.29 is 28.5 Å². The lowest BCUT2D eigenvalue weighted by atomic mass is 10.1. The number of hydrogen-bond acceptors (Lipinski definition) is 6. The Bertz CT molecular complexity index is 1120. The topological polar surface area (TPSA) is 63.2 Å². The van der Waals surface area contributed by atoms with Gasteiger partial charge in [0.2, 0.25) is 5.75 Å². The zero-order valence-electron chi connectivity index (χ0n) is 18.9. The number of ether oxygens (including phenoxy) is 5. The van der Waals surface area contributed by atoms with Crippen molar-refractivity contribution in [3.05, 3.63) is 81.8 Å². The second-order valence-electron chi connectivity index (χ2n) is 6.92. The fourth-order valence-corrected chi connectivity index (χ4v) is 3.82. The fourth-order valence-electron chi connectivity index (χ4n) is 3.20. The van der Waals surface area contributed by atoms with Gasteiger partial charge in [-0.3, -0.25) is 4.79 Å². The molecular weight excluding hydrogens is 488 g/mol. The standard InChI is InChI=1S/C26H25BrO6/c1-29-22-13-18(12-20(27)25(22)32-4)10-11-21(28)19-14-23(30-2)26(24(15-19)31-3)33-16-17-8-6-5-7-9-17/h5-15H,16H2,1-4H3/b11-10+. The number of ketones is 1. The van der Waals surface area contributed by atoms with Crippen molar-refractivity contribution in [1.82, 2.24) is 0 Å². The normalized spacial score (nSPS) is 10.7. The summed E-state index contributed by atoms with van der Waals surface area (Å²) in [5.74, 6) is 2.19. The first-order chi connectivity index (χ1) is 16.0. The molecule has 0 heterocycles. The van der Waals surface area contributed by atoms with Gasteiger partial charge in [-0.05, 0) is 57.4 Å². The van der Waals surface area contributed by atoms with Crippen molar-refractivity contribution >= 4 is 27.8 Å². The van der Waals surface area contributed by atoms with E-state index in [1.807, 2.05) is 36.4 Å². The van der Waals surface area contributed by atoms with Crippen LogP contribution >= 0.6 is 15.9 Å². The highest BCUT2D eigenvalue weighted by Crippen LogP contribution is 2.40. The molecule has 33 heavy (non-hydrogen) atoms. The van der Waals surface area contributed by atoms with Gasteiger partial charge in [0.05, 0.1) is 32.9 Å². The van der Waals surface area contributed by atoms with Gasteiger partial charge in [-0.25, -0.2) is 0 Å². The average molecular weight is 513 g/mol. The number of carbonyl (C=O) groups is 1. The maximum absolute atomic E-state index is 12.9. The van der Waals surface area contributed by atoms with Crippen molar-refractivity contribution in [3.63, 3.8) is 0 Å². The minimum Gasteiger partial charge on any atom is -0.493 e. The molecule has 172 valence electrons. The molecule has 0 amide bonds. The van der Waals surface area contributed by atoms with E-state index in [9.17, 15) is 4.79 Å². The molecule has 7 heteroatoms. The quantitative estimate of drug-likeness (QED) is 0.246. The minimum absolute atomic E-state index is 0.216. The molecule has 0 fully saturated rings. The lowest BCUT2D eigenvalue weighted by Crippen LogP contribution is -2.03. The Kier molecular flexibility index (Phi) is 8.38. The molecule has 3 rings (SSSR count). The smallest absolute Gasteiger partial charge is 0.203 e. The van der Waals surface area contributed by atoms with Gasteiger partial charge in [-0.15, -0.1) is 0 Å². The molecule has 0 unspecified atom stereocenters. The zero-order chi connectivity index (χ0) is 23.8. The maximum Gasteiger partial charge on any atom is 0.203 e. The van der Waals surface area contributed by atoms with Crippen LogP contribution in [0.4, 0.5) is 0 Å². The third-order valence-electron chi connectivity index (χ3n) is 4.85. The first-order valence-corrected chi connectivity index (χ1v) is 10.9. The molecule has 0 aliphatic rings. The van der Waals surface area contributed by atoms with Crippen LogP contribution in [-0.2, 0) is 6.61 Å². The van der Waals surface area contributed by atoms with E-state index in [-0.39, 0.29) is 5.78 Å². The van der Waals surface area contributed by atoms with Crippen molar-refractivity contribution in [3.8, 4) is 28.7 Å². The Morgan fingerprint density at radius 2 is 1.42 bits per heavy atom. The summed E-state index contributed by atoms with van der Waals surface area (Å²) >= 11 is 3.46. The van der Waals surface area contributed by atoms with Gasteiger partial charge in [0.15, 0.2) is 28.8 Å². The molecule has 3 aromatic carbocycles. The molecule has 0 N–H and O–H groups in total. The SMILES string of the molecule is COc1cc(/C=C/C(=O)c2cc(OC)c(OCc3ccccc3)c(OC)c2)cc(Br)c1OC. The summed E-state index contributed by atoms with van der Waals surface area (Å²) in [5, 5.41) is 0. The summed E-state index contributed by atoms with van der Waals surface area (Å²) in [7, 11) is 6.17. The monoisotopic (exact) mass is 512 g/mol. The summed E-state index contributed by atoms with van der Waals surface area (Å²) in [4.78, 5) is 12.9. The van der Waals surface area contributed by atoms with Crippen LogP contribution in [0.1, 0.15) is 21.5 Å². The van der Waals surface area contributed by atoms with Crippen LogP contribution in [0.3, 0.4) is 0 Å². The zero-order valence-corrected chi connectivity index (χ0v) is 20.5. The van der Waals surface area contributed by atoms with Crippen LogP contribution < -0.4 is 23.7 Å². The van der Waals surface area contributed by atoms with Gasteiger partial charge in [-0.1, -0.05) is 36.4 Å². The van der Waals surface area contributed by atoms with E-state index in [1.165, 1.54) is 20.3 Å². The van der Waals surface area contributed by atoms with Gasteiger partial charge in [-0.2, -0.15) is 0 Å². The van der Waals surface area contributed by atoms with Crippen LogP contribution in [-0.4, -0.2) is 34.2 Å². The van der Waals surface area contributed by atoms with Gasteiger partial charge < -0.3 is 23.7 Å². The molecule has 0 bridgehead atoms. The lowest BCUT2D eigenvalue weighted by molar-refractivity contribution is 0.104. The molecule has 0 saturated carbocycles. The summed E-state index contributed by atoms with van der Waals surface area (Å²) in [6.07, 6.45) is 3.18. The Morgan fingerprint density at radius 1 is 0.818 bits per heavy atom. The lowest BCUT2D eigenvalue weighted by Gasteiger charge is -2.15. The largest absolute Gasteiger partial charge is 0.493 e. The molecule has 0 radical (unpaired) electrons. The molecule has 0 aliphatic heterocycles. The average Bonchev–Trinajstić information content (AvgIpc) is 2.85. The Balaban J connectivity index is 1.85. The van der Waals surface area contributed by atoms with E-state index < -0.39 is 0 Å². The molecule has 3 aromatic rings. The highest BCUT2D eigenvalue weighted by Gasteiger charge is 2.17.